The number of nitro groups is 1. The summed E-state index contributed by atoms with van der Waals surface area (Å²) in [4.78, 5) is 24.6. The van der Waals surface area contributed by atoms with Crippen LogP contribution in [0.3, 0.4) is 0 Å². The molecule has 26 heavy (non-hydrogen) atoms. The number of benzene rings is 1. The summed E-state index contributed by atoms with van der Waals surface area (Å²) in [6, 6.07) is 3.71. The predicted molar refractivity (Wildman–Crippen MR) is 94.2 cm³/mol. The summed E-state index contributed by atoms with van der Waals surface area (Å²) in [6.07, 6.45) is 1.07. The summed E-state index contributed by atoms with van der Waals surface area (Å²) < 4.78 is 33.7. The molecule has 0 unspecified atom stereocenters. The van der Waals surface area contributed by atoms with E-state index < -0.39 is 21.4 Å². The Morgan fingerprint density at radius 2 is 2.15 bits per heavy atom. The van der Waals surface area contributed by atoms with Crippen LogP contribution in [0.25, 0.3) is 0 Å². The van der Waals surface area contributed by atoms with Crippen molar-refractivity contribution in [3.8, 4) is 11.5 Å². The van der Waals surface area contributed by atoms with Crippen LogP contribution in [-0.4, -0.2) is 62.0 Å². The first-order valence-electron chi connectivity index (χ1n) is 8.22. The summed E-state index contributed by atoms with van der Waals surface area (Å²) in [5, 5.41) is 11.2. The number of nitrogens with zero attached hydrogens (tertiary/aromatic N) is 2. The lowest BCUT2D eigenvalue weighted by Gasteiger charge is -2.27. The standard InChI is InChI=1S/C16H22N2O7S/c1-3-7-17(12-6-8-26(22,23)11-12)16(19)10-25-15-5-4-13(24-2)9-14(15)18(20)21/h4-5,9,12H,3,6-8,10-11H2,1-2H3/t12-/m1/s1. The number of rotatable bonds is 8. The van der Waals surface area contributed by atoms with Crippen LogP contribution in [0.4, 0.5) is 5.69 Å². The van der Waals surface area contributed by atoms with Crippen molar-refractivity contribution in [2.24, 2.45) is 0 Å². The molecule has 2 rings (SSSR count). The number of methoxy groups -OCH3 is 1. The molecule has 1 saturated heterocycles. The van der Waals surface area contributed by atoms with Gasteiger partial charge in [-0.1, -0.05) is 6.92 Å². The third-order valence-electron chi connectivity index (χ3n) is 4.15. The third-order valence-corrected chi connectivity index (χ3v) is 5.90. The van der Waals surface area contributed by atoms with E-state index in [1.165, 1.54) is 30.2 Å². The summed E-state index contributed by atoms with van der Waals surface area (Å²) in [6.45, 7) is 1.90. The average molecular weight is 386 g/mol. The lowest BCUT2D eigenvalue weighted by Crippen LogP contribution is -2.44. The van der Waals surface area contributed by atoms with Gasteiger partial charge >= 0.3 is 5.69 Å². The maximum absolute atomic E-state index is 12.5. The molecule has 1 aliphatic heterocycles. The van der Waals surface area contributed by atoms with Gasteiger partial charge in [0.15, 0.2) is 22.2 Å². The highest BCUT2D eigenvalue weighted by molar-refractivity contribution is 7.91. The molecule has 10 heteroatoms. The molecule has 9 nitrogen and oxygen atoms in total. The quantitative estimate of drug-likeness (QED) is 0.490. The molecule has 1 aromatic rings. The van der Waals surface area contributed by atoms with Gasteiger partial charge in [0.25, 0.3) is 5.91 Å². The fraction of sp³-hybridized carbons (Fsp3) is 0.562. The fourth-order valence-corrected chi connectivity index (χ4v) is 4.62. The molecule has 0 spiro atoms. The molecular formula is C16H22N2O7S. The number of carbonyl (C=O) groups excluding carboxylic acids is 1. The van der Waals surface area contributed by atoms with Crippen molar-refractivity contribution in [3.63, 3.8) is 0 Å². The van der Waals surface area contributed by atoms with Gasteiger partial charge in [0.05, 0.1) is 29.6 Å². The highest BCUT2D eigenvalue weighted by atomic mass is 32.2. The van der Waals surface area contributed by atoms with Crippen molar-refractivity contribution in [3.05, 3.63) is 28.3 Å². The number of ether oxygens (including phenoxy) is 2. The molecule has 0 radical (unpaired) electrons. The Morgan fingerprint density at radius 3 is 2.69 bits per heavy atom. The Morgan fingerprint density at radius 1 is 1.42 bits per heavy atom. The fourth-order valence-electron chi connectivity index (χ4n) is 2.88. The Balaban J connectivity index is 2.09. The van der Waals surface area contributed by atoms with Crippen LogP contribution in [0.2, 0.25) is 0 Å². The van der Waals surface area contributed by atoms with E-state index in [2.05, 4.69) is 0 Å². The molecule has 1 aromatic carbocycles. The normalized spacial score (nSPS) is 18.3. The second-order valence-electron chi connectivity index (χ2n) is 6.02. The number of amides is 1. The van der Waals surface area contributed by atoms with Crippen LogP contribution in [0.15, 0.2) is 18.2 Å². The largest absolute Gasteiger partial charge is 0.496 e. The van der Waals surface area contributed by atoms with E-state index in [0.717, 1.165) is 0 Å². The molecule has 0 N–H and O–H groups in total. The van der Waals surface area contributed by atoms with Gasteiger partial charge < -0.3 is 14.4 Å². The minimum atomic E-state index is -3.12. The van der Waals surface area contributed by atoms with Gasteiger partial charge in [0.2, 0.25) is 0 Å². The SMILES string of the molecule is CCCN(C(=O)COc1ccc(OC)cc1[N+](=O)[O-])[C@@H]1CCS(=O)(=O)C1. The van der Waals surface area contributed by atoms with Gasteiger partial charge in [-0.2, -0.15) is 0 Å². The maximum Gasteiger partial charge on any atom is 0.314 e. The maximum atomic E-state index is 12.5. The van der Waals surface area contributed by atoms with E-state index in [9.17, 15) is 23.3 Å². The Labute approximate surface area is 152 Å². The number of hydrogen-bond acceptors (Lipinski definition) is 7. The number of hydrogen-bond donors (Lipinski definition) is 0. The van der Waals surface area contributed by atoms with Gasteiger partial charge in [-0.3, -0.25) is 14.9 Å². The lowest BCUT2D eigenvalue weighted by atomic mass is 10.2. The summed E-state index contributed by atoms with van der Waals surface area (Å²) in [7, 11) is -1.73. The molecule has 1 atom stereocenters. The van der Waals surface area contributed by atoms with Gasteiger partial charge in [0.1, 0.15) is 5.75 Å². The summed E-state index contributed by atoms with van der Waals surface area (Å²) in [5.74, 6) is -0.116. The summed E-state index contributed by atoms with van der Waals surface area (Å²) in [5.41, 5.74) is -0.303. The van der Waals surface area contributed by atoms with E-state index >= 15 is 0 Å². The topological polar surface area (TPSA) is 116 Å². The molecule has 144 valence electrons. The molecule has 1 amide bonds. The zero-order chi connectivity index (χ0) is 19.3. The number of sulfone groups is 1. The highest BCUT2D eigenvalue weighted by Gasteiger charge is 2.34. The Kier molecular flexibility index (Phi) is 6.41. The molecule has 1 fully saturated rings. The van der Waals surface area contributed by atoms with Crippen molar-refractivity contribution in [1.29, 1.82) is 0 Å². The summed E-state index contributed by atoms with van der Waals surface area (Å²) >= 11 is 0. The minimum Gasteiger partial charge on any atom is -0.496 e. The van der Waals surface area contributed by atoms with Crippen molar-refractivity contribution in [1.82, 2.24) is 4.90 Å². The number of carbonyl (C=O) groups is 1. The minimum absolute atomic E-state index is 0.0420. The molecule has 0 aliphatic carbocycles. The second-order valence-corrected chi connectivity index (χ2v) is 8.25. The van der Waals surface area contributed by atoms with Crippen LogP contribution in [0, 0.1) is 10.1 Å². The molecule has 0 bridgehead atoms. The van der Waals surface area contributed by atoms with Crippen molar-refractivity contribution in [2.75, 3.05) is 31.8 Å². The molecule has 1 aliphatic rings. The number of nitro benzene ring substituents is 1. The smallest absolute Gasteiger partial charge is 0.314 e. The van der Waals surface area contributed by atoms with Crippen LogP contribution in [0.5, 0.6) is 11.5 Å². The van der Waals surface area contributed by atoms with Crippen molar-refractivity contribution >= 4 is 21.4 Å². The van der Waals surface area contributed by atoms with Crippen LogP contribution in [0.1, 0.15) is 19.8 Å². The van der Waals surface area contributed by atoms with Crippen molar-refractivity contribution < 1.29 is 27.6 Å². The molecule has 0 saturated carbocycles. The Hall–Kier alpha value is -2.36. The van der Waals surface area contributed by atoms with E-state index in [1.807, 2.05) is 6.92 Å². The predicted octanol–water partition coefficient (Wildman–Crippen LogP) is 1.41. The van der Waals surface area contributed by atoms with Crippen molar-refractivity contribution in [2.45, 2.75) is 25.8 Å². The van der Waals surface area contributed by atoms with E-state index in [4.69, 9.17) is 9.47 Å². The van der Waals surface area contributed by atoms with Gasteiger partial charge in [-0.15, -0.1) is 0 Å². The monoisotopic (exact) mass is 386 g/mol. The van der Waals surface area contributed by atoms with E-state index in [0.29, 0.717) is 25.1 Å². The first-order chi connectivity index (χ1) is 12.3. The Bertz CT molecular complexity index is 779. The van der Waals surface area contributed by atoms with Gasteiger partial charge in [0, 0.05) is 12.6 Å². The second kappa shape index (κ2) is 8.35. The lowest BCUT2D eigenvalue weighted by molar-refractivity contribution is -0.385. The average Bonchev–Trinajstić information content (AvgIpc) is 2.96. The van der Waals surface area contributed by atoms with Crippen LogP contribution >= 0.6 is 0 Å². The van der Waals surface area contributed by atoms with E-state index in [-0.39, 0.29) is 34.9 Å². The van der Waals surface area contributed by atoms with Crippen LogP contribution < -0.4 is 9.47 Å². The molecule has 1 heterocycles. The van der Waals surface area contributed by atoms with Gasteiger partial charge in [-0.25, -0.2) is 8.42 Å². The van der Waals surface area contributed by atoms with Gasteiger partial charge in [-0.05, 0) is 25.0 Å². The van der Waals surface area contributed by atoms with Crippen LogP contribution in [-0.2, 0) is 14.6 Å². The first kappa shape index (κ1) is 20.0. The molecular weight excluding hydrogens is 364 g/mol. The third kappa shape index (κ3) is 4.84. The zero-order valence-corrected chi connectivity index (χ0v) is 15.5. The zero-order valence-electron chi connectivity index (χ0n) is 14.7. The molecule has 0 aromatic heterocycles. The van der Waals surface area contributed by atoms with E-state index in [1.54, 1.807) is 0 Å². The first-order valence-corrected chi connectivity index (χ1v) is 10.0. The highest BCUT2D eigenvalue weighted by Crippen LogP contribution is 2.31.